The molecule has 0 aromatic carbocycles. The molecule has 0 fully saturated rings. The molecule has 3 nitrogen and oxygen atoms in total. The molecule has 0 bridgehead atoms. The highest BCUT2D eigenvalue weighted by Gasteiger charge is 2.23. The summed E-state index contributed by atoms with van der Waals surface area (Å²) in [6.07, 6.45) is 13.1. The lowest BCUT2D eigenvalue weighted by molar-refractivity contribution is -0.249. The van der Waals surface area contributed by atoms with Gasteiger partial charge in [0.2, 0.25) is 5.91 Å². The van der Waals surface area contributed by atoms with Crippen LogP contribution in [0.25, 0.3) is 0 Å². The van der Waals surface area contributed by atoms with Gasteiger partial charge < -0.3 is 10.2 Å². The lowest BCUT2D eigenvalue weighted by atomic mass is 10.1. The first-order chi connectivity index (χ1) is 9.02. The predicted molar refractivity (Wildman–Crippen MR) is 81.9 cm³/mol. The van der Waals surface area contributed by atoms with Crippen molar-refractivity contribution in [3.63, 3.8) is 0 Å². The summed E-state index contributed by atoms with van der Waals surface area (Å²) in [5.74, 6) is -1.66. The molecule has 116 valence electrons. The maximum absolute atomic E-state index is 9.50. The van der Waals surface area contributed by atoms with E-state index in [0.717, 1.165) is 13.0 Å². The molecule has 0 rings (SSSR count). The van der Waals surface area contributed by atoms with Crippen LogP contribution in [0, 0.1) is 0 Å². The van der Waals surface area contributed by atoms with Crippen LogP contribution < -0.4 is 0 Å². The van der Waals surface area contributed by atoms with Crippen LogP contribution in [0.4, 0.5) is 0 Å². The lowest BCUT2D eigenvalue weighted by Crippen LogP contribution is -2.46. The van der Waals surface area contributed by atoms with E-state index in [0.29, 0.717) is 6.54 Å². The molecule has 0 unspecified atom stereocenters. The van der Waals surface area contributed by atoms with Crippen LogP contribution in [-0.2, 0) is 0 Å². The van der Waals surface area contributed by atoms with Crippen molar-refractivity contribution in [2.24, 2.45) is 0 Å². The highest BCUT2D eigenvalue weighted by molar-refractivity contribution is 4.61. The fourth-order valence-corrected chi connectivity index (χ4v) is 2.46. The second-order valence-electron chi connectivity index (χ2n) is 5.73. The molecule has 0 saturated heterocycles. The summed E-state index contributed by atoms with van der Waals surface area (Å²) in [6, 6.07) is 0. The molecule has 0 radical (unpaired) electrons. The summed E-state index contributed by atoms with van der Waals surface area (Å²) in [5, 5.41) is 19.0. The number of aliphatic hydroxyl groups is 2. The maximum Gasteiger partial charge on any atom is 0.221 e. The largest absolute Gasteiger partial charge is 0.353 e. The zero-order chi connectivity index (χ0) is 14.6. The first-order valence-electron chi connectivity index (χ1n) is 8.22. The topological polar surface area (TPSA) is 43.7 Å². The Kier molecular flexibility index (Phi) is 11.6. The maximum atomic E-state index is 9.50. The Morgan fingerprint density at radius 3 is 1.53 bits per heavy atom. The zero-order valence-electron chi connectivity index (χ0n) is 13.3. The first kappa shape index (κ1) is 18.9. The van der Waals surface area contributed by atoms with Gasteiger partial charge in [0.25, 0.3) is 0 Å². The van der Waals surface area contributed by atoms with Crippen LogP contribution in [0.2, 0.25) is 0 Å². The van der Waals surface area contributed by atoms with E-state index in [1.807, 2.05) is 6.92 Å². The summed E-state index contributed by atoms with van der Waals surface area (Å²) in [6.45, 7) is 7.11. The molecule has 0 aromatic rings. The normalized spacial score (nSPS) is 12.3. The van der Waals surface area contributed by atoms with Crippen LogP contribution in [0.5, 0.6) is 0 Å². The Morgan fingerprint density at radius 2 is 1.16 bits per heavy atom. The fourth-order valence-electron chi connectivity index (χ4n) is 2.46. The summed E-state index contributed by atoms with van der Waals surface area (Å²) >= 11 is 0. The monoisotopic (exact) mass is 273 g/mol. The molecule has 0 saturated carbocycles. The Labute approximate surface area is 120 Å². The van der Waals surface area contributed by atoms with Crippen LogP contribution in [0.15, 0.2) is 0 Å². The van der Waals surface area contributed by atoms with Gasteiger partial charge in [-0.1, -0.05) is 71.6 Å². The first-order valence-corrected chi connectivity index (χ1v) is 8.22. The second-order valence-corrected chi connectivity index (χ2v) is 5.73. The van der Waals surface area contributed by atoms with E-state index in [-0.39, 0.29) is 0 Å². The number of nitrogens with zero attached hydrogens (tertiary/aromatic N) is 1. The van der Waals surface area contributed by atoms with Crippen LogP contribution in [0.3, 0.4) is 0 Å². The molecule has 0 aliphatic rings. The summed E-state index contributed by atoms with van der Waals surface area (Å²) in [7, 11) is 0. The smallest absolute Gasteiger partial charge is 0.221 e. The van der Waals surface area contributed by atoms with Gasteiger partial charge in [0.05, 0.1) is 0 Å². The molecule has 2 N–H and O–H groups in total. The third kappa shape index (κ3) is 11.4. The van der Waals surface area contributed by atoms with Gasteiger partial charge in [-0.3, -0.25) is 4.90 Å². The minimum Gasteiger partial charge on any atom is -0.353 e. The fraction of sp³-hybridized carbons (Fsp3) is 1.00. The van der Waals surface area contributed by atoms with Gasteiger partial charge in [-0.2, -0.15) is 0 Å². The van der Waals surface area contributed by atoms with Crippen LogP contribution in [0.1, 0.15) is 85.0 Å². The molecule has 0 aliphatic carbocycles. The molecule has 0 amide bonds. The van der Waals surface area contributed by atoms with Gasteiger partial charge in [0.15, 0.2) is 0 Å². The van der Waals surface area contributed by atoms with Crippen molar-refractivity contribution >= 4 is 0 Å². The Hall–Kier alpha value is -0.120. The van der Waals surface area contributed by atoms with E-state index in [1.54, 1.807) is 4.90 Å². The molecule has 0 atom stereocenters. The van der Waals surface area contributed by atoms with Gasteiger partial charge >= 0.3 is 0 Å². The molecule has 0 heterocycles. The van der Waals surface area contributed by atoms with Crippen molar-refractivity contribution in [2.45, 2.75) is 90.9 Å². The summed E-state index contributed by atoms with van der Waals surface area (Å²) in [4.78, 5) is 1.71. The van der Waals surface area contributed by atoms with Gasteiger partial charge in [-0.05, 0) is 6.42 Å². The molecule has 19 heavy (non-hydrogen) atoms. The van der Waals surface area contributed by atoms with E-state index in [9.17, 15) is 10.2 Å². The Balaban J connectivity index is 3.31. The van der Waals surface area contributed by atoms with Crippen molar-refractivity contribution < 1.29 is 10.2 Å². The molecule has 0 aliphatic heterocycles. The molecule has 3 heteroatoms. The van der Waals surface area contributed by atoms with Crippen LogP contribution in [-0.4, -0.2) is 34.1 Å². The molecular formula is C16H35NO2. The summed E-state index contributed by atoms with van der Waals surface area (Å²) in [5.41, 5.74) is 0. The van der Waals surface area contributed by atoms with Crippen molar-refractivity contribution in [1.29, 1.82) is 0 Å². The second kappa shape index (κ2) is 11.7. The number of hydrogen-bond acceptors (Lipinski definition) is 3. The third-order valence-corrected chi connectivity index (χ3v) is 3.76. The standard InChI is InChI=1S/C16H35NO2/c1-4-6-7-8-9-10-11-12-13-14-15-17(5-2)16(3,18)19/h18-19H,4-15H2,1-3H3. The molecular weight excluding hydrogens is 238 g/mol. The minimum absolute atomic E-state index is 0.681. The zero-order valence-corrected chi connectivity index (χ0v) is 13.3. The Morgan fingerprint density at radius 1 is 0.737 bits per heavy atom. The van der Waals surface area contributed by atoms with E-state index in [1.165, 1.54) is 64.7 Å². The van der Waals surface area contributed by atoms with Gasteiger partial charge in [-0.15, -0.1) is 0 Å². The number of unbranched alkanes of at least 4 members (excludes halogenated alkanes) is 9. The third-order valence-electron chi connectivity index (χ3n) is 3.76. The quantitative estimate of drug-likeness (QED) is 0.395. The van der Waals surface area contributed by atoms with Crippen molar-refractivity contribution in [3.8, 4) is 0 Å². The Bertz CT molecular complexity index is 190. The predicted octanol–water partition coefficient (Wildman–Crippen LogP) is 3.89. The number of rotatable bonds is 13. The molecule has 0 aromatic heterocycles. The summed E-state index contributed by atoms with van der Waals surface area (Å²) < 4.78 is 0. The van der Waals surface area contributed by atoms with Gasteiger partial charge in [0.1, 0.15) is 0 Å². The highest BCUT2D eigenvalue weighted by Crippen LogP contribution is 2.12. The van der Waals surface area contributed by atoms with Crippen molar-refractivity contribution in [3.05, 3.63) is 0 Å². The average Bonchev–Trinajstić information content (AvgIpc) is 2.34. The van der Waals surface area contributed by atoms with Gasteiger partial charge in [-0.25, -0.2) is 0 Å². The molecule has 0 spiro atoms. The lowest BCUT2D eigenvalue weighted by Gasteiger charge is -2.31. The van der Waals surface area contributed by atoms with Gasteiger partial charge in [0, 0.05) is 20.0 Å². The van der Waals surface area contributed by atoms with E-state index in [2.05, 4.69) is 6.92 Å². The van der Waals surface area contributed by atoms with E-state index in [4.69, 9.17) is 0 Å². The van der Waals surface area contributed by atoms with Crippen molar-refractivity contribution in [1.82, 2.24) is 4.90 Å². The van der Waals surface area contributed by atoms with E-state index >= 15 is 0 Å². The van der Waals surface area contributed by atoms with E-state index < -0.39 is 5.91 Å². The number of hydrogen-bond donors (Lipinski definition) is 2. The average molecular weight is 273 g/mol. The minimum atomic E-state index is -1.66. The highest BCUT2D eigenvalue weighted by atomic mass is 16.5. The van der Waals surface area contributed by atoms with Crippen LogP contribution >= 0.6 is 0 Å². The van der Waals surface area contributed by atoms with Crippen molar-refractivity contribution in [2.75, 3.05) is 13.1 Å². The SMILES string of the molecule is CCCCCCCCCCCCN(CC)C(C)(O)O.